The van der Waals surface area contributed by atoms with E-state index in [-0.39, 0.29) is 18.2 Å². The number of fused-ring (bicyclic) bond motifs is 1. The smallest absolute Gasteiger partial charge is 0.354 e. The Morgan fingerprint density at radius 3 is 2.90 bits per heavy atom. The van der Waals surface area contributed by atoms with Crippen molar-refractivity contribution in [1.82, 2.24) is 5.32 Å². The third-order valence-corrected chi connectivity index (χ3v) is 3.79. The molecule has 2 aliphatic rings. The number of rotatable bonds is 3. The number of aliphatic imine (C=N–C) groups is 1. The van der Waals surface area contributed by atoms with E-state index in [1.54, 1.807) is 13.3 Å². The van der Waals surface area contributed by atoms with Crippen LogP contribution >= 0.6 is 15.9 Å². The van der Waals surface area contributed by atoms with Crippen LogP contribution in [0, 0.1) is 0 Å². The summed E-state index contributed by atoms with van der Waals surface area (Å²) < 4.78 is 6.03. The number of esters is 1. The molecule has 2 atom stereocenters. The molecule has 20 heavy (non-hydrogen) atoms. The first-order valence-corrected chi connectivity index (χ1v) is 7.21. The molecule has 1 aromatic carbocycles. The maximum Gasteiger partial charge on any atom is 0.354 e. The topological polar surface area (TPSA) is 53.9 Å². The second-order valence-corrected chi connectivity index (χ2v) is 5.44. The molecule has 0 saturated heterocycles. The van der Waals surface area contributed by atoms with Crippen molar-refractivity contribution in [2.75, 3.05) is 11.5 Å². The van der Waals surface area contributed by atoms with Crippen molar-refractivity contribution >= 4 is 33.9 Å². The van der Waals surface area contributed by atoms with Gasteiger partial charge in [-0.25, -0.2) is 9.79 Å². The van der Waals surface area contributed by atoms with Crippen LogP contribution in [0.2, 0.25) is 0 Å². The van der Waals surface area contributed by atoms with E-state index in [0.717, 1.165) is 10.2 Å². The number of nitrogens with one attached hydrogen (secondary N) is 1. The first-order valence-electron chi connectivity index (χ1n) is 6.41. The molecule has 3 rings (SSSR count). The van der Waals surface area contributed by atoms with Crippen LogP contribution in [0.4, 0.5) is 5.69 Å². The normalized spacial score (nSPS) is 23.3. The quantitative estimate of drug-likeness (QED) is 0.859. The zero-order chi connectivity index (χ0) is 14.1. The van der Waals surface area contributed by atoms with Crippen LogP contribution in [0.15, 0.2) is 45.5 Å². The van der Waals surface area contributed by atoms with Crippen LogP contribution in [0.1, 0.15) is 6.92 Å². The summed E-state index contributed by atoms with van der Waals surface area (Å²) in [5, 5.41) is 3.09. The third kappa shape index (κ3) is 2.31. The summed E-state index contributed by atoms with van der Waals surface area (Å²) in [5.41, 5.74) is 1.52. The average molecular weight is 336 g/mol. The molecule has 5 nitrogen and oxygen atoms in total. The van der Waals surface area contributed by atoms with Crippen LogP contribution < -0.4 is 10.2 Å². The second kappa shape index (κ2) is 5.28. The van der Waals surface area contributed by atoms with Crippen molar-refractivity contribution < 1.29 is 9.53 Å². The van der Waals surface area contributed by atoms with E-state index in [1.807, 2.05) is 35.2 Å². The standard InChI is InChI=1S/C14H14BrN3O2/c1-2-20-14(19)11-7-12-13(17-11)16-8-18(12)10-5-3-9(15)4-6-10/h3-8,12-13,17H,2H2,1H3. The highest BCUT2D eigenvalue weighted by atomic mass is 79.9. The van der Waals surface area contributed by atoms with E-state index in [1.165, 1.54) is 0 Å². The van der Waals surface area contributed by atoms with Gasteiger partial charge in [-0.1, -0.05) is 15.9 Å². The van der Waals surface area contributed by atoms with Crippen LogP contribution in [0.3, 0.4) is 0 Å². The molecule has 0 amide bonds. The molecule has 2 aliphatic heterocycles. The first-order chi connectivity index (χ1) is 9.69. The van der Waals surface area contributed by atoms with Gasteiger partial charge in [-0.15, -0.1) is 0 Å². The maximum absolute atomic E-state index is 11.7. The lowest BCUT2D eigenvalue weighted by Crippen LogP contribution is -2.37. The summed E-state index contributed by atoms with van der Waals surface area (Å²) >= 11 is 3.42. The number of hydrogen-bond donors (Lipinski definition) is 1. The summed E-state index contributed by atoms with van der Waals surface area (Å²) in [6.07, 6.45) is 3.54. The van der Waals surface area contributed by atoms with Gasteiger partial charge in [-0.2, -0.15) is 0 Å². The molecule has 2 heterocycles. The molecular formula is C14H14BrN3O2. The van der Waals surface area contributed by atoms with Gasteiger partial charge in [0, 0.05) is 10.2 Å². The molecule has 0 aliphatic carbocycles. The van der Waals surface area contributed by atoms with Gasteiger partial charge in [0.25, 0.3) is 0 Å². The summed E-state index contributed by atoms with van der Waals surface area (Å²) in [7, 11) is 0. The Labute approximate surface area is 125 Å². The molecule has 0 bridgehead atoms. The Hall–Kier alpha value is -1.82. The van der Waals surface area contributed by atoms with E-state index in [9.17, 15) is 4.79 Å². The second-order valence-electron chi connectivity index (χ2n) is 4.53. The van der Waals surface area contributed by atoms with Crippen molar-refractivity contribution in [2.24, 2.45) is 4.99 Å². The SMILES string of the molecule is CCOC(=O)C1=CC2C(N=CN2c2ccc(Br)cc2)N1. The number of hydrogen-bond acceptors (Lipinski definition) is 5. The van der Waals surface area contributed by atoms with Gasteiger partial charge in [-0.3, -0.25) is 0 Å². The molecule has 0 radical (unpaired) electrons. The van der Waals surface area contributed by atoms with Gasteiger partial charge >= 0.3 is 5.97 Å². The molecular weight excluding hydrogens is 322 g/mol. The molecule has 0 saturated carbocycles. The van der Waals surface area contributed by atoms with Gasteiger partial charge in [0.05, 0.1) is 19.0 Å². The highest BCUT2D eigenvalue weighted by Crippen LogP contribution is 2.28. The number of ether oxygens (including phenoxy) is 1. The molecule has 0 fully saturated rings. The summed E-state index contributed by atoms with van der Waals surface area (Å²) in [5.74, 6) is -0.326. The molecule has 0 spiro atoms. The van der Waals surface area contributed by atoms with Crippen molar-refractivity contribution in [3.8, 4) is 0 Å². The van der Waals surface area contributed by atoms with E-state index < -0.39 is 0 Å². The Balaban J connectivity index is 1.81. The Morgan fingerprint density at radius 2 is 2.20 bits per heavy atom. The number of carbonyl (C=O) groups excluding carboxylic acids is 1. The lowest BCUT2D eigenvalue weighted by Gasteiger charge is -2.21. The van der Waals surface area contributed by atoms with Gasteiger partial charge < -0.3 is 15.0 Å². The van der Waals surface area contributed by atoms with Crippen LogP contribution in [-0.4, -0.2) is 31.1 Å². The number of anilines is 1. The fourth-order valence-electron chi connectivity index (χ4n) is 2.32. The molecule has 6 heteroatoms. The van der Waals surface area contributed by atoms with Crippen molar-refractivity contribution in [3.63, 3.8) is 0 Å². The van der Waals surface area contributed by atoms with E-state index in [0.29, 0.717) is 12.3 Å². The van der Waals surface area contributed by atoms with Crippen LogP contribution in [-0.2, 0) is 9.53 Å². The van der Waals surface area contributed by atoms with E-state index >= 15 is 0 Å². The maximum atomic E-state index is 11.7. The monoisotopic (exact) mass is 335 g/mol. The van der Waals surface area contributed by atoms with E-state index in [4.69, 9.17) is 4.74 Å². The van der Waals surface area contributed by atoms with Gasteiger partial charge in [0.15, 0.2) is 0 Å². The Bertz CT molecular complexity index is 583. The number of nitrogens with zero attached hydrogens (tertiary/aromatic N) is 2. The number of halogens is 1. The fourth-order valence-corrected chi connectivity index (χ4v) is 2.59. The lowest BCUT2D eigenvalue weighted by molar-refractivity contribution is -0.138. The minimum atomic E-state index is -0.326. The molecule has 1 N–H and O–H groups in total. The molecule has 1 aromatic rings. The summed E-state index contributed by atoms with van der Waals surface area (Å²) in [6.45, 7) is 2.16. The predicted molar refractivity (Wildman–Crippen MR) is 80.5 cm³/mol. The average Bonchev–Trinajstić information content (AvgIpc) is 3.00. The summed E-state index contributed by atoms with van der Waals surface area (Å²) in [6, 6.07) is 7.99. The number of carbonyl (C=O) groups is 1. The zero-order valence-electron chi connectivity index (χ0n) is 10.9. The van der Waals surface area contributed by atoms with Crippen LogP contribution in [0.5, 0.6) is 0 Å². The van der Waals surface area contributed by atoms with Gasteiger partial charge in [0.2, 0.25) is 0 Å². The van der Waals surface area contributed by atoms with E-state index in [2.05, 4.69) is 26.2 Å². The highest BCUT2D eigenvalue weighted by molar-refractivity contribution is 9.10. The zero-order valence-corrected chi connectivity index (χ0v) is 12.5. The minimum Gasteiger partial charge on any atom is -0.461 e. The van der Waals surface area contributed by atoms with Crippen molar-refractivity contribution in [3.05, 3.63) is 40.5 Å². The lowest BCUT2D eigenvalue weighted by atomic mass is 10.2. The molecule has 0 aromatic heterocycles. The third-order valence-electron chi connectivity index (χ3n) is 3.26. The van der Waals surface area contributed by atoms with Crippen molar-refractivity contribution in [1.29, 1.82) is 0 Å². The number of benzene rings is 1. The fraction of sp³-hybridized carbons (Fsp3) is 0.286. The summed E-state index contributed by atoms with van der Waals surface area (Å²) in [4.78, 5) is 18.2. The molecule has 2 unspecified atom stereocenters. The predicted octanol–water partition coefficient (Wildman–Crippen LogP) is 2.04. The first kappa shape index (κ1) is 13.2. The van der Waals surface area contributed by atoms with Gasteiger partial charge in [0.1, 0.15) is 11.9 Å². The van der Waals surface area contributed by atoms with Gasteiger partial charge in [-0.05, 0) is 37.3 Å². The minimum absolute atomic E-state index is 0.00980. The van der Waals surface area contributed by atoms with Crippen molar-refractivity contribution in [2.45, 2.75) is 19.1 Å². The molecule has 104 valence electrons. The largest absolute Gasteiger partial charge is 0.461 e. The Kier molecular flexibility index (Phi) is 3.48. The Morgan fingerprint density at radius 1 is 1.45 bits per heavy atom. The highest BCUT2D eigenvalue weighted by Gasteiger charge is 2.37. The van der Waals surface area contributed by atoms with Crippen LogP contribution in [0.25, 0.3) is 0 Å².